The van der Waals surface area contributed by atoms with Crippen LogP contribution in [0.25, 0.3) is 5.52 Å². The summed E-state index contributed by atoms with van der Waals surface area (Å²) in [5.41, 5.74) is 3.95. The summed E-state index contributed by atoms with van der Waals surface area (Å²) in [4.78, 5) is 23.1. The second-order valence-corrected chi connectivity index (χ2v) is 9.13. The molecule has 2 N–H and O–H groups in total. The number of rotatable bonds is 7. The molecule has 2 aromatic heterocycles. The number of fused-ring (bicyclic) bond motifs is 1. The smallest absolute Gasteiger partial charge is 0.245 e. The van der Waals surface area contributed by atoms with Crippen LogP contribution in [0.2, 0.25) is 0 Å². The van der Waals surface area contributed by atoms with Gasteiger partial charge >= 0.3 is 0 Å². The molecule has 2 fully saturated rings. The first-order valence-corrected chi connectivity index (χ1v) is 12.2. The van der Waals surface area contributed by atoms with Crippen LogP contribution in [-0.2, 0) is 4.79 Å². The number of aromatic nitrogens is 4. The summed E-state index contributed by atoms with van der Waals surface area (Å²) in [6.07, 6.45) is 4.95. The van der Waals surface area contributed by atoms with Gasteiger partial charge in [-0.25, -0.2) is 9.50 Å². The lowest BCUT2D eigenvalue weighted by Crippen LogP contribution is -2.47. The van der Waals surface area contributed by atoms with Crippen molar-refractivity contribution in [2.24, 2.45) is 0 Å². The molecule has 184 valence electrons. The summed E-state index contributed by atoms with van der Waals surface area (Å²) in [5.74, 6) is 0.824. The van der Waals surface area contributed by atoms with Gasteiger partial charge in [0.15, 0.2) is 0 Å². The Morgan fingerprint density at radius 2 is 1.97 bits per heavy atom. The molecule has 10 heteroatoms. The van der Waals surface area contributed by atoms with E-state index in [2.05, 4.69) is 61.3 Å². The van der Waals surface area contributed by atoms with Crippen molar-refractivity contribution in [2.75, 3.05) is 62.6 Å². The number of amides is 1. The molecule has 0 aliphatic carbocycles. The number of carbonyl (C=O) groups excluding carboxylic acids is 1. The van der Waals surface area contributed by atoms with E-state index >= 15 is 0 Å². The quantitative estimate of drug-likeness (QED) is 0.499. The van der Waals surface area contributed by atoms with Crippen LogP contribution in [0.3, 0.4) is 0 Å². The standard InChI is InChI=1S/C25H32N8O2/c1-2-24(35)32-9-3-4-19(17-32)25-22-16-23(26-18-33(22)29-28-25)27-20-5-7-21(8-6-20)31-12-10-30(11-13-31)14-15-34/h2,5-8,16,18-19,27,34H,1,3-4,9-15,17H2. The molecule has 0 radical (unpaired) electrons. The normalized spacial score (nSPS) is 19.2. The molecule has 35 heavy (non-hydrogen) atoms. The highest BCUT2D eigenvalue weighted by Gasteiger charge is 2.27. The van der Waals surface area contributed by atoms with Gasteiger partial charge in [-0.3, -0.25) is 9.69 Å². The fourth-order valence-corrected chi connectivity index (χ4v) is 4.99. The minimum absolute atomic E-state index is 0.0364. The number of nitrogens with one attached hydrogen (secondary N) is 1. The lowest BCUT2D eigenvalue weighted by Gasteiger charge is -2.35. The van der Waals surface area contributed by atoms with E-state index in [0.717, 1.165) is 74.8 Å². The minimum Gasteiger partial charge on any atom is -0.395 e. The number of nitrogens with zero attached hydrogens (tertiary/aromatic N) is 7. The molecule has 2 saturated heterocycles. The Hall–Kier alpha value is -3.50. The van der Waals surface area contributed by atoms with E-state index in [4.69, 9.17) is 5.11 Å². The summed E-state index contributed by atoms with van der Waals surface area (Å²) < 4.78 is 1.69. The molecule has 0 saturated carbocycles. The summed E-state index contributed by atoms with van der Waals surface area (Å²) in [6.45, 7) is 9.79. The maximum absolute atomic E-state index is 12.1. The molecule has 1 atom stereocenters. The van der Waals surface area contributed by atoms with Crippen LogP contribution in [0.1, 0.15) is 24.5 Å². The fraction of sp³-hybridized carbons (Fsp3) is 0.440. The Balaban J connectivity index is 1.27. The zero-order valence-corrected chi connectivity index (χ0v) is 19.9. The van der Waals surface area contributed by atoms with Crippen molar-refractivity contribution in [2.45, 2.75) is 18.8 Å². The van der Waals surface area contributed by atoms with E-state index in [-0.39, 0.29) is 18.4 Å². The van der Waals surface area contributed by atoms with Crippen LogP contribution in [0.5, 0.6) is 0 Å². The number of likely N-dealkylation sites (tertiary alicyclic amines) is 1. The summed E-state index contributed by atoms with van der Waals surface area (Å²) in [6, 6.07) is 10.4. The summed E-state index contributed by atoms with van der Waals surface area (Å²) in [5, 5.41) is 21.2. The SMILES string of the molecule is C=CC(=O)N1CCCC(c2nnn3cnc(Nc4ccc(N5CCN(CCO)CC5)cc4)cc23)C1. The molecular formula is C25H32N8O2. The highest BCUT2D eigenvalue weighted by atomic mass is 16.3. The van der Waals surface area contributed by atoms with Crippen molar-refractivity contribution in [3.05, 3.63) is 55.0 Å². The van der Waals surface area contributed by atoms with Crippen molar-refractivity contribution in [1.29, 1.82) is 0 Å². The highest BCUT2D eigenvalue weighted by Crippen LogP contribution is 2.29. The van der Waals surface area contributed by atoms with Crippen LogP contribution < -0.4 is 10.2 Å². The number of piperidine rings is 1. The monoisotopic (exact) mass is 476 g/mol. The van der Waals surface area contributed by atoms with Crippen molar-refractivity contribution in [3.63, 3.8) is 0 Å². The lowest BCUT2D eigenvalue weighted by atomic mass is 9.94. The zero-order chi connectivity index (χ0) is 24.2. The molecule has 2 aliphatic rings. The number of hydrogen-bond donors (Lipinski definition) is 2. The molecule has 2 aliphatic heterocycles. The molecule has 3 aromatic rings. The van der Waals surface area contributed by atoms with Crippen LogP contribution in [0.4, 0.5) is 17.2 Å². The van der Waals surface area contributed by atoms with Gasteiger partial charge in [-0.2, -0.15) is 0 Å². The largest absolute Gasteiger partial charge is 0.395 e. The summed E-state index contributed by atoms with van der Waals surface area (Å²) in [7, 11) is 0. The second-order valence-electron chi connectivity index (χ2n) is 9.13. The van der Waals surface area contributed by atoms with Gasteiger partial charge in [-0.1, -0.05) is 11.8 Å². The Morgan fingerprint density at radius 1 is 1.17 bits per heavy atom. The third kappa shape index (κ3) is 5.13. The number of piperazine rings is 1. The zero-order valence-electron chi connectivity index (χ0n) is 19.9. The highest BCUT2D eigenvalue weighted by molar-refractivity contribution is 5.87. The van der Waals surface area contributed by atoms with Crippen LogP contribution in [0.15, 0.2) is 49.3 Å². The first kappa shape index (κ1) is 23.3. The van der Waals surface area contributed by atoms with Gasteiger partial charge in [0.2, 0.25) is 5.91 Å². The third-order valence-electron chi connectivity index (χ3n) is 6.93. The van der Waals surface area contributed by atoms with Gasteiger partial charge in [-0.15, -0.1) is 5.10 Å². The first-order valence-electron chi connectivity index (χ1n) is 12.2. The van der Waals surface area contributed by atoms with Gasteiger partial charge in [-0.05, 0) is 43.2 Å². The summed E-state index contributed by atoms with van der Waals surface area (Å²) >= 11 is 0. The number of benzene rings is 1. The minimum atomic E-state index is -0.0364. The molecular weight excluding hydrogens is 444 g/mol. The number of β-amino-alcohol motifs (C(OH)–C–C–N with tert-alkyl or cyclic N) is 1. The fourth-order valence-electron chi connectivity index (χ4n) is 4.99. The van der Waals surface area contributed by atoms with E-state index < -0.39 is 0 Å². The van der Waals surface area contributed by atoms with Crippen molar-refractivity contribution in [3.8, 4) is 0 Å². The second kappa shape index (κ2) is 10.4. The lowest BCUT2D eigenvalue weighted by molar-refractivity contribution is -0.127. The Kier molecular flexibility index (Phi) is 6.91. The van der Waals surface area contributed by atoms with Crippen molar-refractivity contribution < 1.29 is 9.90 Å². The van der Waals surface area contributed by atoms with Gasteiger partial charge in [0.25, 0.3) is 0 Å². The molecule has 1 unspecified atom stereocenters. The van der Waals surface area contributed by atoms with E-state index in [1.807, 2.05) is 11.0 Å². The van der Waals surface area contributed by atoms with Gasteiger partial charge < -0.3 is 20.2 Å². The van der Waals surface area contributed by atoms with Crippen LogP contribution in [-0.4, -0.2) is 93.0 Å². The number of anilines is 3. The Bertz CT molecular complexity index is 1170. The third-order valence-corrected chi connectivity index (χ3v) is 6.93. The van der Waals surface area contributed by atoms with Crippen LogP contribution >= 0.6 is 0 Å². The molecule has 10 nitrogen and oxygen atoms in total. The van der Waals surface area contributed by atoms with Crippen molar-refractivity contribution >= 4 is 28.6 Å². The molecule has 0 spiro atoms. The van der Waals surface area contributed by atoms with E-state index in [9.17, 15) is 4.79 Å². The average Bonchev–Trinajstić information content (AvgIpc) is 3.33. The van der Waals surface area contributed by atoms with E-state index in [1.165, 1.54) is 11.8 Å². The number of hydrogen-bond acceptors (Lipinski definition) is 8. The van der Waals surface area contributed by atoms with E-state index in [0.29, 0.717) is 6.54 Å². The maximum Gasteiger partial charge on any atom is 0.245 e. The van der Waals surface area contributed by atoms with Crippen molar-refractivity contribution in [1.82, 2.24) is 29.6 Å². The van der Waals surface area contributed by atoms with Crippen LogP contribution in [0, 0.1) is 0 Å². The number of carbonyl (C=O) groups is 1. The van der Waals surface area contributed by atoms with E-state index in [1.54, 1.807) is 10.8 Å². The number of aliphatic hydroxyl groups is 1. The predicted molar refractivity (Wildman–Crippen MR) is 135 cm³/mol. The molecule has 5 rings (SSSR count). The van der Waals surface area contributed by atoms with Gasteiger partial charge in [0, 0.05) is 69.2 Å². The molecule has 1 aromatic carbocycles. The average molecular weight is 477 g/mol. The Labute approximate surface area is 204 Å². The molecule has 4 heterocycles. The first-order chi connectivity index (χ1) is 17.1. The number of aliphatic hydroxyl groups excluding tert-OH is 1. The predicted octanol–water partition coefficient (Wildman–Crippen LogP) is 1.87. The van der Waals surface area contributed by atoms with Gasteiger partial charge in [0.1, 0.15) is 12.1 Å². The maximum atomic E-state index is 12.1. The van der Waals surface area contributed by atoms with Gasteiger partial charge in [0.05, 0.1) is 17.8 Å². The molecule has 0 bridgehead atoms. The molecule has 1 amide bonds. The Morgan fingerprint density at radius 3 is 2.71 bits per heavy atom. The topological polar surface area (TPSA) is 102 Å².